The molecule has 3 rings (SSSR count). The molecule has 0 radical (unpaired) electrons. The van der Waals surface area contributed by atoms with E-state index < -0.39 is 11.3 Å². The first-order valence-corrected chi connectivity index (χ1v) is 9.80. The van der Waals surface area contributed by atoms with Gasteiger partial charge in [0, 0.05) is 36.9 Å². The number of hydrogen-bond donors (Lipinski definition) is 3. The molecule has 2 aromatic heterocycles. The molecule has 0 saturated carbocycles. The van der Waals surface area contributed by atoms with Gasteiger partial charge in [0.15, 0.2) is 17.0 Å². The van der Waals surface area contributed by atoms with Crippen molar-refractivity contribution >= 4 is 34.2 Å². The molecule has 1 aliphatic rings. The predicted octanol–water partition coefficient (Wildman–Crippen LogP) is 0.309. The summed E-state index contributed by atoms with van der Waals surface area (Å²) in [5.74, 6) is 0.986. The van der Waals surface area contributed by atoms with Crippen molar-refractivity contribution in [1.29, 1.82) is 0 Å². The van der Waals surface area contributed by atoms with Crippen LogP contribution in [0.5, 0.6) is 0 Å². The van der Waals surface area contributed by atoms with E-state index in [4.69, 9.17) is 0 Å². The summed E-state index contributed by atoms with van der Waals surface area (Å²) in [6.45, 7) is 5.56. The van der Waals surface area contributed by atoms with E-state index in [1.807, 2.05) is 18.4 Å². The zero-order valence-corrected chi connectivity index (χ0v) is 15.7. The highest BCUT2D eigenvalue weighted by atomic mass is 32.2. The Labute approximate surface area is 154 Å². The number of aryl methyl sites for hydroxylation is 1. The third-order valence-electron chi connectivity index (χ3n) is 4.55. The van der Waals surface area contributed by atoms with E-state index in [2.05, 4.69) is 25.6 Å². The molecule has 144 valence electrons. The first-order chi connectivity index (χ1) is 12.5. The lowest BCUT2D eigenvalue weighted by molar-refractivity contribution is 0.271. The number of nitrogens with one attached hydrogen (secondary N) is 2. The van der Waals surface area contributed by atoms with Crippen molar-refractivity contribution in [2.75, 3.05) is 30.3 Å². The number of aliphatic hydroxyl groups is 1. The van der Waals surface area contributed by atoms with Gasteiger partial charge in [0.05, 0.1) is 19.0 Å². The zero-order chi connectivity index (χ0) is 18.7. The minimum Gasteiger partial charge on any atom is -0.760 e. The quantitative estimate of drug-likeness (QED) is 0.556. The normalized spacial score (nSPS) is 20.4. The van der Waals surface area contributed by atoms with Crippen LogP contribution in [0.2, 0.25) is 0 Å². The number of hydrogen-bond acceptors (Lipinski definition) is 8. The van der Waals surface area contributed by atoms with Crippen molar-refractivity contribution in [3.63, 3.8) is 0 Å². The van der Waals surface area contributed by atoms with Crippen molar-refractivity contribution in [1.82, 2.24) is 23.8 Å². The van der Waals surface area contributed by atoms with Gasteiger partial charge in [-0.3, -0.25) is 4.21 Å². The largest absolute Gasteiger partial charge is 0.760 e. The molecule has 0 spiro atoms. The van der Waals surface area contributed by atoms with Gasteiger partial charge in [-0.15, -0.1) is 0 Å². The molecule has 3 atom stereocenters. The second-order valence-electron chi connectivity index (χ2n) is 6.27. The van der Waals surface area contributed by atoms with Crippen molar-refractivity contribution < 1.29 is 13.9 Å². The van der Waals surface area contributed by atoms with Crippen LogP contribution in [0, 0.1) is 0 Å². The average molecular weight is 382 g/mol. The van der Waals surface area contributed by atoms with E-state index in [0.717, 1.165) is 13.0 Å². The topological polar surface area (TPSA) is 131 Å². The van der Waals surface area contributed by atoms with E-state index in [1.165, 1.54) is 4.31 Å². The van der Waals surface area contributed by atoms with E-state index in [0.29, 0.717) is 42.4 Å². The first kappa shape index (κ1) is 19.0. The zero-order valence-electron chi connectivity index (χ0n) is 14.9. The van der Waals surface area contributed by atoms with Crippen LogP contribution in [-0.4, -0.2) is 69.5 Å². The Balaban J connectivity index is 1.90. The van der Waals surface area contributed by atoms with E-state index in [-0.39, 0.29) is 18.7 Å². The lowest BCUT2D eigenvalue weighted by Crippen LogP contribution is -2.28. The number of fused-ring (bicyclic) bond motifs is 1. The van der Waals surface area contributed by atoms with Crippen molar-refractivity contribution in [3.8, 4) is 0 Å². The van der Waals surface area contributed by atoms with Gasteiger partial charge in [-0.05, 0) is 19.8 Å². The van der Waals surface area contributed by atoms with Crippen LogP contribution in [0.1, 0.15) is 26.7 Å². The Morgan fingerprint density at radius 1 is 1.46 bits per heavy atom. The minimum atomic E-state index is -2.21. The average Bonchev–Trinajstić information content (AvgIpc) is 3.26. The lowest BCUT2D eigenvalue weighted by atomic mass is 10.2. The van der Waals surface area contributed by atoms with Gasteiger partial charge in [0.2, 0.25) is 5.95 Å². The smallest absolute Gasteiger partial charge is 0.227 e. The summed E-state index contributed by atoms with van der Waals surface area (Å²) in [6.07, 6.45) is 3.15. The van der Waals surface area contributed by atoms with Crippen LogP contribution < -0.4 is 10.6 Å². The molecule has 0 bridgehead atoms. The van der Waals surface area contributed by atoms with Crippen LogP contribution in [0.25, 0.3) is 11.2 Å². The predicted molar refractivity (Wildman–Crippen MR) is 98.3 cm³/mol. The highest BCUT2D eigenvalue weighted by molar-refractivity contribution is 7.76. The molecule has 0 aromatic carbocycles. The molecule has 26 heavy (non-hydrogen) atoms. The Morgan fingerprint density at radius 2 is 2.27 bits per heavy atom. The minimum absolute atomic E-state index is 0.0133. The fraction of sp³-hybridized carbons (Fsp3) is 0.667. The fourth-order valence-corrected chi connectivity index (χ4v) is 3.53. The van der Waals surface area contributed by atoms with Gasteiger partial charge < -0.3 is 24.9 Å². The standard InChI is InChI=1S/C15H25N7O3S/c1-3-10(8-23)18-15-19-13(12-14(20-15)21(4-2)9-16-12)17-11-5-6-22(7-11)26(24)25/h9-11,23H,3-8H2,1-2H3,(H,24,25)(H2,17,18,19,20)/p-1. The molecular formula is C15H24N7O3S-. The third kappa shape index (κ3) is 3.95. The molecular weight excluding hydrogens is 358 g/mol. The monoisotopic (exact) mass is 382 g/mol. The highest BCUT2D eigenvalue weighted by Gasteiger charge is 2.25. The van der Waals surface area contributed by atoms with E-state index in [9.17, 15) is 13.9 Å². The number of aliphatic hydroxyl groups excluding tert-OH is 1. The summed E-state index contributed by atoms with van der Waals surface area (Å²) in [7, 11) is 0. The molecule has 0 amide bonds. The van der Waals surface area contributed by atoms with Gasteiger partial charge in [-0.1, -0.05) is 6.92 Å². The summed E-state index contributed by atoms with van der Waals surface area (Å²) >= 11 is -2.21. The number of imidazole rings is 1. The van der Waals surface area contributed by atoms with Gasteiger partial charge in [0.25, 0.3) is 0 Å². The summed E-state index contributed by atoms with van der Waals surface area (Å²) < 4.78 is 25.5. The maximum absolute atomic E-state index is 11.1. The molecule has 0 aliphatic carbocycles. The summed E-state index contributed by atoms with van der Waals surface area (Å²) in [5.41, 5.74) is 1.35. The SMILES string of the molecule is CCC(CO)Nc1nc(NC2CCN(S(=O)[O-])C2)c2ncn(CC)c2n1. The number of rotatable bonds is 8. The van der Waals surface area contributed by atoms with Crippen molar-refractivity contribution in [2.24, 2.45) is 0 Å². The maximum Gasteiger partial charge on any atom is 0.227 e. The van der Waals surface area contributed by atoms with E-state index >= 15 is 0 Å². The molecule has 3 heterocycles. The van der Waals surface area contributed by atoms with Gasteiger partial charge >= 0.3 is 0 Å². The Bertz CT molecular complexity index is 780. The Morgan fingerprint density at radius 3 is 2.88 bits per heavy atom. The number of nitrogens with zero attached hydrogens (tertiary/aromatic N) is 5. The van der Waals surface area contributed by atoms with Crippen molar-refractivity contribution in [2.45, 2.75) is 45.3 Å². The van der Waals surface area contributed by atoms with E-state index in [1.54, 1.807) is 6.33 Å². The number of aromatic nitrogens is 4. The molecule has 10 nitrogen and oxygen atoms in total. The Kier molecular flexibility index (Phi) is 6.01. The number of anilines is 2. The van der Waals surface area contributed by atoms with Gasteiger partial charge in [0.1, 0.15) is 0 Å². The molecule has 2 aromatic rings. The molecule has 1 fully saturated rings. The molecule has 3 N–H and O–H groups in total. The maximum atomic E-state index is 11.1. The van der Waals surface area contributed by atoms with Gasteiger partial charge in [-0.25, -0.2) is 9.29 Å². The summed E-state index contributed by atoms with van der Waals surface area (Å²) in [4.78, 5) is 13.5. The highest BCUT2D eigenvalue weighted by Crippen LogP contribution is 2.24. The van der Waals surface area contributed by atoms with Crippen LogP contribution in [0.3, 0.4) is 0 Å². The molecule has 11 heteroatoms. The second-order valence-corrected chi connectivity index (χ2v) is 7.22. The fourth-order valence-electron chi connectivity index (χ4n) is 2.98. The van der Waals surface area contributed by atoms with Crippen LogP contribution >= 0.6 is 0 Å². The molecule has 3 unspecified atom stereocenters. The lowest BCUT2D eigenvalue weighted by Gasteiger charge is -2.19. The van der Waals surface area contributed by atoms with Crippen LogP contribution in [0.15, 0.2) is 6.33 Å². The first-order valence-electron chi connectivity index (χ1n) is 8.76. The van der Waals surface area contributed by atoms with Crippen LogP contribution in [0.4, 0.5) is 11.8 Å². The summed E-state index contributed by atoms with van der Waals surface area (Å²) in [6, 6.07) is -0.173. The van der Waals surface area contributed by atoms with Crippen molar-refractivity contribution in [3.05, 3.63) is 6.33 Å². The Hall–Kier alpha value is -1.82. The second kappa shape index (κ2) is 8.25. The molecule has 1 aliphatic heterocycles. The van der Waals surface area contributed by atoms with Gasteiger partial charge in [-0.2, -0.15) is 9.97 Å². The molecule has 1 saturated heterocycles. The summed E-state index contributed by atoms with van der Waals surface area (Å²) in [5, 5.41) is 15.9. The van der Waals surface area contributed by atoms with Crippen LogP contribution in [-0.2, 0) is 17.8 Å². The third-order valence-corrected chi connectivity index (χ3v) is 5.31.